The van der Waals surface area contributed by atoms with E-state index < -0.39 is 22.5 Å². The molecule has 0 aliphatic carbocycles. The zero-order valence-electron chi connectivity index (χ0n) is 8.68. The fourth-order valence-electron chi connectivity index (χ4n) is 1.11. The molecule has 1 aromatic rings. The fraction of sp³-hybridized carbons (Fsp3) is 0.222. The van der Waals surface area contributed by atoms with Gasteiger partial charge in [0.1, 0.15) is 4.90 Å². The van der Waals surface area contributed by atoms with E-state index in [-0.39, 0.29) is 14.9 Å². The van der Waals surface area contributed by atoms with E-state index in [1.165, 1.54) is 12.1 Å². The second kappa shape index (κ2) is 5.22. The number of sulfonamides is 1. The first-order chi connectivity index (χ1) is 7.75. The van der Waals surface area contributed by atoms with E-state index >= 15 is 0 Å². The lowest BCUT2D eigenvalue weighted by Crippen LogP contribution is -2.39. The minimum atomic E-state index is -3.99. The second-order valence-electron chi connectivity index (χ2n) is 3.21. The highest BCUT2D eigenvalue weighted by molar-refractivity contribution is 7.89. The summed E-state index contributed by atoms with van der Waals surface area (Å²) in [5.41, 5.74) is 0. The Kier molecular flexibility index (Phi) is 4.37. The van der Waals surface area contributed by atoms with E-state index in [1.54, 1.807) is 0 Å². The van der Waals surface area contributed by atoms with Crippen molar-refractivity contribution in [1.29, 1.82) is 0 Å². The lowest BCUT2D eigenvalue weighted by molar-refractivity contribution is -0.305. The van der Waals surface area contributed by atoms with Crippen LogP contribution in [0.1, 0.15) is 0 Å². The topological polar surface area (TPSA) is 77.5 Å². The Morgan fingerprint density at radius 1 is 1.41 bits per heavy atom. The van der Waals surface area contributed by atoms with Gasteiger partial charge in [-0.25, -0.2) is 8.42 Å². The molecule has 0 spiro atoms. The van der Waals surface area contributed by atoms with Gasteiger partial charge in [-0.15, -0.1) is 0 Å². The van der Waals surface area contributed by atoms with E-state index in [0.717, 1.165) is 13.1 Å². The van der Waals surface area contributed by atoms with E-state index in [1.807, 2.05) is 0 Å². The van der Waals surface area contributed by atoms with E-state index in [9.17, 15) is 18.3 Å². The molecule has 0 aliphatic heterocycles. The highest BCUT2D eigenvalue weighted by atomic mass is 35.5. The van der Waals surface area contributed by atoms with Gasteiger partial charge in [0.25, 0.3) is 0 Å². The van der Waals surface area contributed by atoms with Crippen LogP contribution >= 0.6 is 23.2 Å². The van der Waals surface area contributed by atoms with Crippen LogP contribution in [0.5, 0.6) is 0 Å². The average Bonchev–Trinajstić information content (AvgIpc) is 2.20. The van der Waals surface area contributed by atoms with Crippen molar-refractivity contribution >= 4 is 39.2 Å². The smallest absolute Gasteiger partial charge is 0.244 e. The number of rotatable bonds is 4. The van der Waals surface area contributed by atoms with E-state index in [2.05, 4.69) is 0 Å². The number of carboxylic acids is 1. The third kappa shape index (κ3) is 3.32. The quantitative estimate of drug-likeness (QED) is 0.804. The monoisotopic (exact) mass is 296 g/mol. The summed E-state index contributed by atoms with van der Waals surface area (Å²) in [5, 5.41) is 10.5. The standard InChI is InChI=1S/C9H9Cl2NO4S/c1-12(5-9(13)14)17(15,16)8-4-6(10)2-3-7(8)11/h2-4H,5H2,1H3,(H,13,14)/p-1. The molecule has 0 atom stereocenters. The molecule has 0 radical (unpaired) electrons. The lowest BCUT2D eigenvalue weighted by atomic mass is 10.4. The summed E-state index contributed by atoms with van der Waals surface area (Å²) in [6, 6.07) is 3.91. The van der Waals surface area contributed by atoms with E-state index in [0.29, 0.717) is 4.31 Å². The fourth-order valence-corrected chi connectivity index (χ4v) is 2.96. The van der Waals surface area contributed by atoms with Gasteiger partial charge in [0.15, 0.2) is 0 Å². The van der Waals surface area contributed by atoms with Gasteiger partial charge in [0.2, 0.25) is 10.0 Å². The van der Waals surface area contributed by atoms with Gasteiger partial charge in [-0.05, 0) is 18.2 Å². The van der Waals surface area contributed by atoms with Crippen LogP contribution in [0.3, 0.4) is 0 Å². The minimum Gasteiger partial charge on any atom is -0.549 e. The highest BCUT2D eigenvalue weighted by Gasteiger charge is 2.23. The average molecular weight is 297 g/mol. The number of aliphatic carboxylic acids is 1. The first-order valence-corrected chi connectivity index (χ1v) is 6.56. The molecular weight excluding hydrogens is 289 g/mol. The normalized spacial score (nSPS) is 11.8. The van der Waals surface area contributed by atoms with Crippen molar-refractivity contribution in [2.45, 2.75) is 4.90 Å². The first-order valence-electron chi connectivity index (χ1n) is 4.36. The maximum atomic E-state index is 11.9. The van der Waals surface area contributed by atoms with Crippen LogP contribution in [0.15, 0.2) is 23.1 Å². The zero-order valence-corrected chi connectivity index (χ0v) is 11.0. The number of likely N-dealkylation sites (N-methyl/N-ethyl adjacent to an activating group) is 1. The van der Waals surface area contributed by atoms with Crippen molar-refractivity contribution in [2.75, 3.05) is 13.6 Å². The number of carboxylic acid groups (broad SMARTS) is 1. The molecule has 0 N–H and O–H groups in total. The maximum Gasteiger partial charge on any atom is 0.244 e. The van der Waals surface area contributed by atoms with Gasteiger partial charge in [0, 0.05) is 12.1 Å². The van der Waals surface area contributed by atoms with Crippen molar-refractivity contribution in [3.05, 3.63) is 28.2 Å². The van der Waals surface area contributed by atoms with Crippen LogP contribution in [0.2, 0.25) is 10.0 Å². The Hall–Kier alpha value is -0.820. The van der Waals surface area contributed by atoms with Crippen LogP contribution in [0.25, 0.3) is 0 Å². The van der Waals surface area contributed by atoms with Crippen LogP contribution in [0.4, 0.5) is 0 Å². The van der Waals surface area contributed by atoms with Crippen LogP contribution in [-0.2, 0) is 14.8 Å². The van der Waals surface area contributed by atoms with Crippen molar-refractivity contribution in [3.63, 3.8) is 0 Å². The van der Waals surface area contributed by atoms with Crippen molar-refractivity contribution in [1.82, 2.24) is 4.31 Å². The summed E-state index contributed by atoms with van der Waals surface area (Å²) in [6.07, 6.45) is 0. The number of hydrogen-bond acceptors (Lipinski definition) is 4. The number of nitrogens with zero attached hydrogens (tertiary/aromatic N) is 1. The molecule has 0 aliphatic rings. The molecule has 0 heterocycles. The number of halogens is 2. The summed E-state index contributed by atoms with van der Waals surface area (Å²) in [6.45, 7) is -0.759. The number of carbonyl (C=O) groups excluding carboxylic acids is 1. The Balaban J connectivity index is 3.21. The van der Waals surface area contributed by atoms with Gasteiger partial charge in [-0.3, -0.25) is 0 Å². The van der Waals surface area contributed by atoms with E-state index in [4.69, 9.17) is 23.2 Å². The van der Waals surface area contributed by atoms with Crippen molar-refractivity contribution in [2.24, 2.45) is 0 Å². The van der Waals surface area contributed by atoms with Gasteiger partial charge >= 0.3 is 0 Å². The summed E-state index contributed by atoms with van der Waals surface area (Å²) in [5.74, 6) is -1.51. The zero-order chi connectivity index (χ0) is 13.2. The summed E-state index contributed by atoms with van der Waals surface area (Å²) >= 11 is 11.4. The second-order valence-corrected chi connectivity index (χ2v) is 6.06. The summed E-state index contributed by atoms with van der Waals surface area (Å²) in [4.78, 5) is 10.1. The molecule has 0 saturated heterocycles. The predicted octanol–water partition coefficient (Wildman–Crippen LogP) is 0.364. The lowest BCUT2D eigenvalue weighted by Gasteiger charge is -2.18. The molecule has 1 rings (SSSR count). The first kappa shape index (κ1) is 14.2. The molecule has 0 bridgehead atoms. The maximum absolute atomic E-state index is 11.9. The van der Waals surface area contributed by atoms with Gasteiger partial charge in [-0.2, -0.15) is 4.31 Å². The SMILES string of the molecule is CN(CC(=O)[O-])S(=O)(=O)c1cc(Cl)ccc1Cl. The number of carbonyl (C=O) groups is 1. The molecule has 94 valence electrons. The van der Waals surface area contributed by atoms with Crippen LogP contribution in [0, 0.1) is 0 Å². The molecule has 0 saturated carbocycles. The van der Waals surface area contributed by atoms with Crippen LogP contribution < -0.4 is 5.11 Å². The Bertz CT molecular complexity index is 544. The van der Waals surface area contributed by atoms with Gasteiger partial charge in [-0.1, -0.05) is 23.2 Å². The Morgan fingerprint density at radius 2 is 2.00 bits per heavy atom. The minimum absolute atomic E-state index is 0.0282. The number of benzene rings is 1. The van der Waals surface area contributed by atoms with Crippen molar-refractivity contribution in [3.8, 4) is 0 Å². The van der Waals surface area contributed by atoms with Gasteiger partial charge < -0.3 is 9.90 Å². The Morgan fingerprint density at radius 3 is 2.53 bits per heavy atom. The van der Waals surface area contributed by atoms with Gasteiger partial charge in [0.05, 0.1) is 17.5 Å². The molecule has 0 fully saturated rings. The molecule has 0 aromatic heterocycles. The predicted molar refractivity (Wildman–Crippen MR) is 61.3 cm³/mol. The number of hydrogen-bond donors (Lipinski definition) is 0. The molecule has 0 amide bonds. The summed E-state index contributed by atoms with van der Waals surface area (Å²) < 4.78 is 24.5. The Labute approximate surface area is 109 Å². The summed E-state index contributed by atoms with van der Waals surface area (Å²) in [7, 11) is -2.88. The van der Waals surface area contributed by atoms with Crippen LogP contribution in [-0.4, -0.2) is 32.3 Å². The molecule has 0 unspecified atom stereocenters. The molecule has 1 aromatic carbocycles. The molecule has 17 heavy (non-hydrogen) atoms. The molecule has 5 nitrogen and oxygen atoms in total. The molecule has 8 heteroatoms. The van der Waals surface area contributed by atoms with Crippen molar-refractivity contribution < 1.29 is 18.3 Å². The highest BCUT2D eigenvalue weighted by Crippen LogP contribution is 2.26. The third-order valence-corrected chi connectivity index (χ3v) is 4.45. The largest absolute Gasteiger partial charge is 0.549 e. The third-order valence-electron chi connectivity index (χ3n) is 1.93. The molecular formula is C9H8Cl2NO4S-.